The van der Waals surface area contributed by atoms with Gasteiger partial charge in [-0.05, 0) is 18.9 Å². The normalized spacial score (nSPS) is 15.4. The molecule has 2 aliphatic heterocycles. The number of benzene rings is 1. The molecule has 29 heavy (non-hydrogen) atoms. The summed E-state index contributed by atoms with van der Waals surface area (Å²) in [6, 6.07) is 3.03. The van der Waals surface area contributed by atoms with Crippen molar-refractivity contribution >= 4 is 5.96 Å². The Morgan fingerprint density at radius 3 is 2.79 bits per heavy atom. The number of guanidine groups is 1. The van der Waals surface area contributed by atoms with Gasteiger partial charge in [-0.1, -0.05) is 0 Å². The van der Waals surface area contributed by atoms with Crippen LogP contribution in [-0.4, -0.2) is 41.2 Å². The molecule has 0 amide bonds. The summed E-state index contributed by atoms with van der Waals surface area (Å²) in [4.78, 5) is 4.17. The van der Waals surface area contributed by atoms with Crippen molar-refractivity contribution in [1.29, 1.82) is 0 Å². The summed E-state index contributed by atoms with van der Waals surface area (Å²) in [5, 5.41) is 14.7. The highest BCUT2D eigenvalue weighted by Gasteiger charge is 2.20. The number of halogens is 2. The Balaban J connectivity index is 1.40. The number of aryl methyl sites for hydroxylation is 1. The highest BCUT2D eigenvalue weighted by molar-refractivity contribution is 5.79. The van der Waals surface area contributed by atoms with E-state index in [2.05, 4.69) is 35.1 Å². The van der Waals surface area contributed by atoms with Crippen LogP contribution in [0.15, 0.2) is 17.1 Å². The van der Waals surface area contributed by atoms with Gasteiger partial charge in [0.05, 0.1) is 6.54 Å². The molecular weight excluding hydrogens is 386 g/mol. The van der Waals surface area contributed by atoms with E-state index in [4.69, 9.17) is 9.47 Å². The van der Waals surface area contributed by atoms with Gasteiger partial charge in [0.2, 0.25) is 6.79 Å². The van der Waals surface area contributed by atoms with Crippen molar-refractivity contribution in [3.05, 3.63) is 29.3 Å². The van der Waals surface area contributed by atoms with Gasteiger partial charge in [-0.2, -0.15) is 8.78 Å². The molecule has 0 atom stereocenters. The Labute approximate surface area is 166 Å². The van der Waals surface area contributed by atoms with Crippen LogP contribution in [0.5, 0.6) is 17.2 Å². The van der Waals surface area contributed by atoms with E-state index in [9.17, 15) is 8.78 Å². The summed E-state index contributed by atoms with van der Waals surface area (Å²) in [6.07, 6.45) is 3.19. The van der Waals surface area contributed by atoms with Crippen molar-refractivity contribution < 1.29 is 23.0 Å². The third kappa shape index (κ3) is 4.33. The molecule has 0 unspecified atom stereocenters. The molecule has 0 bridgehead atoms. The maximum absolute atomic E-state index is 12.8. The minimum atomic E-state index is -2.94. The van der Waals surface area contributed by atoms with E-state index in [1.165, 1.54) is 6.07 Å². The standard InChI is InChI=1S/C18H22F2N6O3/c1-21-18(23-9-16-25-24-15-4-2-3-5-26(15)16)22-8-11-6-13-14(28-10-27-13)7-12(11)29-17(19)20/h6-7,17H,2-5,8-10H2,1H3,(H2,21,22,23). The van der Waals surface area contributed by atoms with Crippen LogP contribution in [-0.2, 0) is 26.1 Å². The molecule has 0 spiro atoms. The zero-order valence-corrected chi connectivity index (χ0v) is 16.0. The molecule has 11 heteroatoms. The van der Waals surface area contributed by atoms with Gasteiger partial charge in [0.1, 0.15) is 11.6 Å². The van der Waals surface area contributed by atoms with Crippen LogP contribution >= 0.6 is 0 Å². The monoisotopic (exact) mass is 408 g/mol. The predicted molar refractivity (Wildman–Crippen MR) is 99.2 cm³/mol. The summed E-state index contributed by atoms with van der Waals surface area (Å²) in [5.74, 6) is 3.24. The van der Waals surface area contributed by atoms with Gasteiger partial charge in [-0.3, -0.25) is 4.99 Å². The van der Waals surface area contributed by atoms with E-state index in [-0.39, 0.29) is 19.1 Å². The lowest BCUT2D eigenvalue weighted by Crippen LogP contribution is -2.37. The van der Waals surface area contributed by atoms with Gasteiger partial charge < -0.3 is 29.4 Å². The van der Waals surface area contributed by atoms with Crippen LogP contribution in [0.25, 0.3) is 0 Å². The quantitative estimate of drug-likeness (QED) is 0.556. The first kappa shape index (κ1) is 19.2. The summed E-state index contributed by atoms with van der Waals surface area (Å²) in [7, 11) is 1.63. The number of fused-ring (bicyclic) bond motifs is 2. The van der Waals surface area contributed by atoms with Gasteiger partial charge in [-0.15, -0.1) is 10.2 Å². The number of hydrogen-bond acceptors (Lipinski definition) is 6. The number of nitrogens with zero attached hydrogens (tertiary/aromatic N) is 4. The highest BCUT2D eigenvalue weighted by Crippen LogP contribution is 2.38. The van der Waals surface area contributed by atoms with Crippen LogP contribution in [0.4, 0.5) is 8.78 Å². The lowest BCUT2D eigenvalue weighted by molar-refractivity contribution is -0.0505. The van der Waals surface area contributed by atoms with Gasteiger partial charge >= 0.3 is 6.61 Å². The SMILES string of the molecule is CN=C(NCc1cc2c(cc1OC(F)F)OCO2)NCc1nnc2n1CCCC2. The Bertz CT molecular complexity index is 902. The van der Waals surface area contributed by atoms with E-state index in [0.717, 1.165) is 37.5 Å². The summed E-state index contributed by atoms with van der Waals surface area (Å²) < 4.78 is 42.8. The van der Waals surface area contributed by atoms with E-state index in [1.54, 1.807) is 13.1 Å². The van der Waals surface area contributed by atoms with E-state index >= 15 is 0 Å². The topological polar surface area (TPSA) is 94.8 Å². The zero-order chi connectivity index (χ0) is 20.2. The summed E-state index contributed by atoms with van der Waals surface area (Å²) in [5.41, 5.74) is 0.498. The van der Waals surface area contributed by atoms with Gasteiger partial charge in [0, 0.05) is 38.2 Å². The molecule has 2 aliphatic rings. The summed E-state index contributed by atoms with van der Waals surface area (Å²) >= 11 is 0. The van der Waals surface area contributed by atoms with Crippen LogP contribution < -0.4 is 24.8 Å². The number of nitrogens with one attached hydrogen (secondary N) is 2. The maximum atomic E-state index is 12.8. The van der Waals surface area contributed by atoms with Crippen LogP contribution in [0.1, 0.15) is 30.1 Å². The first-order valence-electron chi connectivity index (χ1n) is 9.37. The second-order valence-corrected chi connectivity index (χ2v) is 6.61. The number of aliphatic imine (C=N–C) groups is 1. The largest absolute Gasteiger partial charge is 0.454 e. The van der Waals surface area contributed by atoms with Gasteiger partial charge in [0.25, 0.3) is 0 Å². The molecule has 0 saturated carbocycles. The zero-order valence-electron chi connectivity index (χ0n) is 16.0. The molecular formula is C18H22F2N6O3. The lowest BCUT2D eigenvalue weighted by Gasteiger charge is -2.17. The second kappa shape index (κ2) is 8.50. The third-order valence-electron chi connectivity index (χ3n) is 4.79. The van der Waals surface area contributed by atoms with Crippen LogP contribution in [0.3, 0.4) is 0 Å². The molecule has 1 aromatic carbocycles. The van der Waals surface area contributed by atoms with Crippen molar-refractivity contribution in [2.75, 3.05) is 13.8 Å². The number of alkyl halides is 2. The minimum absolute atomic E-state index is 0.0266. The number of ether oxygens (including phenoxy) is 3. The Hall–Kier alpha value is -3.11. The van der Waals surface area contributed by atoms with Crippen molar-refractivity contribution in [2.45, 2.75) is 45.5 Å². The van der Waals surface area contributed by atoms with E-state index in [1.807, 2.05) is 0 Å². The first-order chi connectivity index (χ1) is 14.1. The fraction of sp³-hybridized carbons (Fsp3) is 0.500. The van der Waals surface area contributed by atoms with E-state index < -0.39 is 6.61 Å². The summed E-state index contributed by atoms with van der Waals surface area (Å²) in [6.45, 7) is -1.32. The fourth-order valence-electron chi connectivity index (χ4n) is 3.37. The predicted octanol–water partition coefficient (Wildman–Crippen LogP) is 1.81. The van der Waals surface area contributed by atoms with Crippen molar-refractivity contribution in [3.8, 4) is 17.2 Å². The van der Waals surface area contributed by atoms with E-state index in [0.29, 0.717) is 29.6 Å². The molecule has 0 fully saturated rings. The van der Waals surface area contributed by atoms with Crippen LogP contribution in [0.2, 0.25) is 0 Å². The average molecular weight is 408 g/mol. The number of hydrogen-bond donors (Lipinski definition) is 2. The number of rotatable bonds is 6. The molecule has 0 aliphatic carbocycles. The molecule has 1 aromatic heterocycles. The molecule has 0 saturated heterocycles. The maximum Gasteiger partial charge on any atom is 0.387 e. The molecule has 2 N–H and O–H groups in total. The molecule has 4 rings (SSSR count). The Kier molecular flexibility index (Phi) is 5.63. The Morgan fingerprint density at radius 2 is 2.00 bits per heavy atom. The van der Waals surface area contributed by atoms with Gasteiger partial charge in [-0.25, -0.2) is 0 Å². The first-order valence-corrected chi connectivity index (χ1v) is 9.37. The number of aromatic nitrogens is 3. The Morgan fingerprint density at radius 1 is 1.21 bits per heavy atom. The lowest BCUT2D eigenvalue weighted by atomic mass is 10.1. The van der Waals surface area contributed by atoms with Crippen molar-refractivity contribution in [3.63, 3.8) is 0 Å². The van der Waals surface area contributed by atoms with Crippen molar-refractivity contribution in [1.82, 2.24) is 25.4 Å². The van der Waals surface area contributed by atoms with Crippen LogP contribution in [0, 0.1) is 0 Å². The average Bonchev–Trinajstić information content (AvgIpc) is 3.34. The smallest absolute Gasteiger partial charge is 0.387 e. The molecule has 3 heterocycles. The molecule has 0 radical (unpaired) electrons. The van der Waals surface area contributed by atoms with Gasteiger partial charge in [0.15, 0.2) is 23.3 Å². The van der Waals surface area contributed by atoms with Crippen molar-refractivity contribution in [2.24, 2.45) is 4.99 Å². The fourth-order valence-corrected chi connectivity index (χ4v) is 3.37. The third-order valence-corrected chi connectivity index (χ3v) is 4.79. The molecule has 156 valence electrons. The second-order valence-electron chi connectivity index (χ2n) is 6.61. The molecule has 2 aromatic rings. The minimum Gasteiger partial charge on any atom is -0.454 e. The highest BCUT2D eigenvalue weighted by atomic mass is 19.3. The molecule has 9 nitrogen and oxygen atoms in total.